The summed E-state index contributed by atoms with van der Waals surface area (Å²) < 4.78 is 0. The lowest BCUT2D eigenvalue weighted by Gasteiger charge is -2.21. The van der Waals surface area contributed by atoms with E-state index in [0.717, 1.165) is 5.56 Å². The van der Waals surface area contributed by atoms with Gasteiger partial charge in [-0.25, -0.2) is 0 Å². The fraction of sp³-hybridized carbons (Fsp3) is 0.200. The molecule has 0 spiro atoms. The molecule has 0 aliphatic heterocycles. The highest BCUT2D eigenvalue weighted by molar-refractivity contribution is 6.30. The number of phenolic OH excluding ortho intramolecular Hbond substituents is 1. The van der Waals surface area contributed by atoms with Crippen LogP contribution in [-0.4, -0.2) is 27.4 Å². The van der Waals surface area contributed by atoms with Gasteiger partial charge in [-0.3, -0.25) is 9.78 Å². The van der Waals surface area contributed by atoms with Gasteiger partial charge in [0.15, 0.2) is 0 Å². The van der Waals surface area contributed by atoms with Crippen molar-refractivity contribution >= 4 is 17.5 Å². The van der Waals surface area contributed by atoms with Gasteiger partial charge in [-0.1, -0.05) is 11.6 Å². The molecule has 1 amide bonds. The van der Waals surface area contributed by atoms with E-state index in [2.05, 4.69) is 4.98 Å². The lowest BCUT2D eigenvalue weighted by molar-refractivity contribution is 0.0749. The molecule has 1 heterocycles. The molecule has 0 bridgehead atoms. The van der Waals surface area contributed by atoms with Crippen LogP contribution in [0.5, 0.6) is 5.75 Å². The van der Waals surface area contributed by atoms with Crippen molar-refractivity contribution in [3.05, 3.63) is 58.9 Å². The van der Waals surface area contributed by atoms with E-state index < -0.39 is 0 Å². The number of halogens is 1. The Balaban J connectivity index is 2.21. The molecule has 104 valence electrons. The van der Waals surface area contributed by atoms with E-state index in [1.54, 1.807) is 23.4 Å². The Morgan fingerprint density at radius 1 is 1.30 bits per heavy atom. The molecule has 0 aliphatic rings. The molecule has 4 nitrogen and oxygen atoms in total. The predicted molar refractivity (Wildman–Crippen MR) is 77.8 cm³/mol. The summed E-state index contributed by atoms with van der Waals surface area (Å²) >= 11 is 5.77. The summed E-state index contributed by atoms with van der Waals surface area (Å²) in [6, 6.07) is 8.22. The van der Waals surface area contributed by atoms with Gasteiger partial charge >= 0.3 is 0 Å². The lowest BCUT2D eigenvalue weighted by atomic mass is 10.1. The van der Waals surface area contributed by atoms with Gasteiger partial charge in [0.2, 0.25) is 0 Å². The number of carbonyl (C=O) groups is 1. The van der Waals surface area contributed by atoms with E-state index in [1.807, 2.05) is 19.1 Å². The zero-order valence-corrected chi connectivity index (χ0v) is 11.8. The molecule has 2 aromatic rings. The fourth-order valence-corrected chi connectivity index (χ4v) is 2.06. The molecular formula is C15H15ClN2O2. The van der Waals surface area contributed by atoms with Crippen molar-refractivity contribution < 1.29 is 9.90 Å². The van der Waals surface area contributed by atoms with Crippen LogP contribution < -0.4 is 0 Å². The van der Waals surface area contributed by atoms with Crippen molar-refractivity contribution in [3.8, 4) is 5.75 Å². The summed E-state index contributed by atoms with van der Waals surface area (Å²) in [7, 11) is 0. The Labute approximate surface area is 122 Å². The number of amides is 1. The summed E-state index contributed by atoms with van der Waals surface area (Å²) in [5, 5.41) is 10.2. The van der Waals surface area contributed by atoms with Gasteiger partial charge in [-0.05, 0) is 42.8 Å². The summed E-state index contributed by atoms with van der Waals surface area (Å²) in [6.07, 6.45) is 3.38. The van der Waals surface area contributed by atoms with Crippen molar-refractivity contribution in [2.24, 2.45) is 0 Å². The predicted octanol–water partition coefficient (Wildman–Crippen LogP) is 3.10. The molecule has 0 atom stereocenters. The molecule has 0 saturated heterocycles. The summed E-state index contributed by atoms with van der Waals surface area (Å²) in [6.45, 7) is 2.91. The van der Waals surface area contributed by atoms with Crippen LogP contribution in [0.2, 0.25) is 5.02 Å². The molecule has 1 N–H and O–H groups in total. The minimum atomic E-state index is -0.224. The minimum Gasteiger partial charge on any atom is -0.507 e. The van der Waals surface area contributed by atoms with Crippen LogP contribution in [0, 0.1) is 0 Å². The maximum absolute atomic E-state index is 12.4. The van der Waals surface area contributed by atoms with Crippen molar-refractivity contribution in [1.29, 1.82) is 0 Å². The summed E-state index contributed by atoms with van der Waals surface area (Å²) in [4.78, 5) is 18.0. The third kappa shape index (κ3) is 3.27. The standard InChI is InChI=1S/C15H15ClN2O2/c1-2-18(10-11-5-7-17-8-6-11)15(20)13-4-3-12(16)9-14(13)19/h3-9,19H,2,10H2,1H3. The quantitative estimate of drug-likeness (QED) is 0.941. The SMILES string of the molecule is CCN(Cc1ccncc1)C(=O)c1ccc(Cl)cc1O. The number of phenols is 1. The Hall–Kier alpha value is -2.07. The zero-order chi connectivity index (χ0) is 14.5. The molecule has 5 heteroatoms. The van der Waals surface area contributed by atoms with E-state index in [9.17, 15) is 9.90 Å². The van der Waals surface area contributed by atoms with Crippen LogP contribution in [-0.2, 0) is 6.54 Å². The zero-order valence-electron chi connectivity index (χ0n) is 11.1. The Morgan fingerprint density at radius 2 is 2.00 bits per heavy atom. The first-order valence-corrected chi connectivity index (χ1v) is 6.66. The van der Waals surface area contributed by atoms with Crippen LogP contribution in [0.15, 0.2) is 42.7 Å². The van der Waals surface area contributed by atoms with Crippen molar-refractivity contribution in [1.82, 2.24) is 9.88 Å². The van der Waals surface area contributed by atoms with Gasteiger partial charge in [0.05, 0.1) is 5.56 Å². The maximum Gasteiger partial charge on any atom is 0.257 e. The van der Waals surface area contributed by atoms with Gasteiger partial charge in [-0.2, -0.15) is 0 Å². The second-order valence-corrected chi connectivity index (χ2v) is 4.77. The highest BCUT2D eigenvalue weighted by atomic mass is 35.5. The fourth-order valence-electron chi connectivity index (χ4n) is 1.89. The topological polar surface area (TPSA) is 53.4 Å². The maximum atomic E-state index is 12.4. The number of carbonyl (C=O) groups excluding carboxylic acids is 1. The van der Waals surface area contributed by atoms with Gasteiger partial charge in [0.1, 0.15) is 5.75 Å². The molecule has 2 rings (SSSR count). The Morgan fingerprint density at radius 3 is 2.60 bits per heavy atom. The molecule has 0 aliphatic carbocycles. The van der Waals surface area contributed by atoms with Crippen molar-refractivity contribution in [2.75, 3.05) is 6.54 Å². The van der Waals surface area contributed by atoms with Gasteiger partial charge in [0, 0.05) is 30.5 Å². The number of aromatic hydroxyl groups is 1. The largest absolute Gasteiger partial charge is 0.507 e. The van der Waals surface area contributed by atoms with Gasteiger partial charge < -0.3 is 10.0 Å². The Kier molecular flexibility index (Phi) is 4.58. The van der Waals surface area contributed by atoms with E-state index in [0.29, 0.717) is 18.1 Å². The average molecular weight is 291 g/mol. The average Bonchev–Trinajstić information content (AvgIpc) is 2.45. The molecule has 1 aromatic heterocycles. The molecule has 0 radical (unpaired) electrons. The van der Waals surface area contributed by atoms with Gasteiger partial charge in [0.25, 0.3) is 5.91 Å². The third-order valence-corrected chi connectivity index (χ3v) is 3.22. The van der Waals surface area contributed by atoms with E-state index >= 15 is 0 Å². The van der Waals surface area contributed by atoms with Crippen molar-refractivity contribution in [3.63, 3.8) is 0 Å². The number of rotatable bonds is 4. The first kappa shape index (κ1) is 14.3. The minimum absolute atomic E-state index is 0.101. The van der Waals surface area contributed by atoms with E-state index in [1.165, 1.54) is 12.1 Å². The monoisotopic (exact) mass is 290 g/mol. The van der Waals surface area contributed by atoms with Gasteiger partial charge in [-0.15, -0.1) is 0 Å². The molecule has 1 aromatic carbocycles. The van der Waals surface area contributed by atoms with Crippen LogP contribution in [0.25, 0.3) is 0 Å². The number of benzene rings is 1. The summed E-state index contributed by atoms with van der Waals surface area (Å²) in [5.41, 5.74) is 1.24. The van der Waals surface area contributed by atoms with E-state index in [4.69, 9.17) is 11.6 Å². The highest BCUT2D eigenvalue weighted by Crippen LogP contribution is 2.23. The molecule has 0 unspecified atom stereocenters. The van der Waals surface area contributed by atoms with Crippen LogP contribution >= 0.6 is 11.6 Å². The number of pyridine rings is 1. The van der Waals surface area contributed by atoms with Crippen LogP contribution in [0.1, 0.15) is 22.8 Å². The number of aromatic nitrogens is 1. The van der Waals surface area contributed by atoms with E-state index in [-0.39, 0.29) is 17.2 Å². The lowest BCUT2D eigenvalue weighted by Crippen LogP contribution is -2.30. The second-order valence-electron chi connectivity index (χ2n) is 4.34. The molecular weight excluding hydrogens is 276 g/mol. The molecule has 0 fully saturated rings. The third-order valence-electron chi connectivity index (χ3n) is 2.98. The smallest absolute Gasteiger partial charge is 0.257 e. The van der Waals surface area contributed by atoms with Crippen LogP contribution in [0.4, 0.5) is 0 Å². The Bertz CT molecular complexity index is 602. The highest BCUT2D eigenvalue weighted by Gasteiger charge is 2.18. The number of hydrogen-bond acceptors (Lipinski definition) is 3. The molecule has 20 heavy (non-hydrogen) atoms. The number of nitrogens with zero attached hydrogens (tertiary/aromatic N) is 2. The molecule has 0 saturated carbocycles. The normalized spacial score (nSPS) is 10.3. The first-order chi connectivity index (χ1) is 9.61. The first-order valence-electron chi connectivity index (χ1n) is 6.28. The number of hydrogen-bond donors (Lipinski definition) is 1. The van der Waals surface area contributed by atoms with Crippen LogP contribution in [0.3, 0.4) is 0 Å². The second kappa shape index (κ2) is 6.39. The van der Waals surface area contributed by atoms with Crippen molar-refractivity contribution in [2.45, 2.75) is 13.5 Å². The summed E-state index contributed by atoms with van der Waals surface area (Å²) in [5.74, 6) is -0.325.